The van der Waals surface area contributed by atoms with E-state index in [1.807, 2.05) is 41.8 Å². The number of hydrogen-bond acceptors (Lipinski definition) is 6. The molecular weight excluding hydrogens is 374 g/mol. The smallest absolute Gasteiger partial charge is 0.255 e. The molecule has 0 unspecified atom stereocenters. The van der Waals surface area contributed by atoms with Crippen LogP contribution in [-0.2, 0) is 0 Å². The Kier molecular flexibility index (Phi) is 3.91. The summed E-state index contributed by atoms with van der Waals surface area (Å²) in [5.74, 6) is 0.606. The van der Waals surface area contributed by atoms with E-state index in [-0.39, 0.29) is 5.91 Å². The lowest BCUT2D eigenvalue weighted by Crippen LogP contribution is -2.12. The molecular formula is C19H13N7OS. The summed E-state index contributed by atoms with van der Waals surface area (Å²) >= 11 is 1.62. The maximum atomic E-state index is 12.7. The molecule has 1 amide bonds. The molecule has 0 saturated heterocycles. The molecule has 3 heterocycles. The van der Waals surface area contributed by atoms with E-state index in [2.05, 4.69) is 30.8 Å². The van der Waals surface area contributed by atoms with Crippen molar-refractivity contribution in [2.24, 2.45) is 0 Å². The van der Waals surface area contributed by atoms with E-state index < -0.39 is 0 Å². The molecule has 0 bridgehead atoms. The molecule has 5 rings (SSSR count). The Bertz CT molecular complexity index is 1260. The van der Waals surface area contributed by atoms with Crippen molar-refractivity contribution < 1.29 is 4.79 Å². The number of nitrogens with one attached hydrogen (secondary N) is 2. The van der Waals surface area contributed by atoms with Crippen molar-refractivity contribution in [3.8, 4) is 16.4 Å². The molecule has 136 valence electrons. The number of imidazole rings is 1. The molecule has 3 aromatic heterocycles. The SMILES string of the molecule is O=C(Nc1ccc2nc(-c3cccs3)[nH]c2c1)c1cccc(-n2cnnn2)c1. The number of anilines is 1. The first-order chi connectivity index (χ1) is 13.8. The van der Waals surface area contributed by atoms with Crippen LogP contribution in [0.1, 0.15) is 10.4 Å². The number of aromatic nitrogens is 6. The third-order valence-corrected chi connectivity index (χ3v) is 5.09. The molecule has 8 nitrogen and oxygen atoms in total. The molecule has 5 aromatic rings. The second-order valence-electron chi connectivity index (χ2n) is 6.05. The van der Waals surface area contributed by atoms with Crippen LogP contribution < -0.4 is 5.32 Å². The number of nitrogens with zero attached hydrogens (tertiary/aromatic N) is 5. The van der Waals surface area contributed by atoms with Crippen LogP contribution in [0.4, 0.5) is 5.69 Å². The second kappa shape index (κ2) is 6.71. The Morgan fingerprint density at radius 1 is 1.11 bits per heavy atom. The minimum absolute atomic E-state index is 0.215. The second-order valence-corrected chi connectivity index (χ2v) is 7.00. The number of carbonyl (C=O) groups excluding carboxylic acids is 1. The average Bonchev–Trinajstić information content (AvgIpc) is 3.48. The summed E-state index contributed by atoms with van der Waals surface area (Å²) < 4.78 is 1.50. The highest BCUT2D eigenvalue weighted by Gasteiger charge is 2.11. The van der Waals surface area contributed by atoms with Gasteiger partial charge in [0.15, 0.2) is 0 Å². The van der Waals surface area contributed by atoms with Crippen LogP contribution in [0.3, 0.4) is 0 Å². The van der Waals surface area contributed by atoms with Crippen molar-refractivity contribution in [1.29, 1.82) is 0 Å². The number of amides is 1. The minimum atomic E-state index is -0.215. The number of rotatable bonds is 4. The topological polar surface area (TPSA) is 101 Å². The van der Waals surface area contributed by atoms with Crippen LogP contribution in [0.2, 0.25) is 0 Å². The first-order valence-electron chi connectivity index (χ1n) is 8.45. The van der Waals surface area contributed by atoms with Gasteiger partial charge >= 0.3 is 0 Å². The summed E-state index contributed by atoms with van der Waals surface area (Å²) in [6.07, 6.45) is 1.48. The van der Waals surface area contributed by atoms with Gasteiger partial charge in [-0.2, -0.15) is 0 Å². The van der Waals surface area contributed by atoms with E-state index in [1.165, 1.54) is 11.0 Å². The number of H-pyrrole nitrogens is 1. The summed E-state index contributed by atoms with van der Waals surface area (Å²) in [6.45, 7) is 0. The Morgan fingerprint density at radius 3 is 2.89 bits per heavy atom. The molecule has 0 aliphatic rings. The first-order valence-corrected chi connectivity index (χ1v) is 9.33. The summed E-state index contributed by atoms with van der Waals surface area (Å²) in [5, 5.41) is 16.0. The highest BCUT2D eigenvalue weighted by atomic mass is 32.1. The van der Waals surface area contributed by atoms with Crippen LogP contribution in [-0.4, -0.2) is 36.1 Å². The molecule has 0 saturated carbocycles. The Balaban J connectivity index is 1.40. The van der Waals surface area contributed by atoms with Crippen LogP contribution >= 0.6 is 11.3 Å². The zero-order valence-electron chi connectivity index (χ0n) is 14.4. The normalized spacial score (nSPS) is 11.0. The minimum Gasteiger partial charge on any atom is -0.337 e. The summed E-state index contributed by atoms with van der Waals surface area (Å²) in [5.41, 5.74) is 3.62. The van der Waals surface area contributed by atoms with E-state index in [0.717, 1.165) is 21.7 Å². The zero-order valence-corrected chi connectivity index (χ0v) is 15.2. The number of carbonyl (C=O) groups is 1. The molecule has 0 aliphatic carbocycles. The summed E-state index contributed by atoms with van der Waals surface area (Å²) in [6, 6.07) is 16.7. The fraction of sp³-hybridized carbons (Fsp3) is 0. The summed E-state index contributed by atoms with van der Waals surface area (Å²) in [7, 11) is 0. The quantitative estimate of drug-likeness (QED) is 0.491. The van der Waals surface area contributed by atoms with Gasteiger partial charge in [0.1, 0.15) is 12.2 Å². The molecule has 9 heteroatoms. The van der Waals surface area contributed by atoms with Gasteiger partial charge in [0, 0.05) is 11.3 Å². The molecule has 0 fully saturated rings. The van der Waals surface area contributed by atoms with E-state index >= 15 is 0 Å². The van der Waals surface area contributed by atoms with Crippen LogP contribution in [0.25, 0.3) is 27.4 Å². The highest BCUT2D eigenvalue weighted by molar-refractivity contribution is 7.13. The molecule has 28 heavy (non-hydrogen) atoms. The van der Waals surface area contributed by atoms with Gasteiger partial charge in [0.25, 0.3) is 5.91 Å². The molecule has 2 aromatic carbocycles. The Morgan fingerprint density at radius 2 is 2.07 bits per heavy atom. The fourth-order valence-electron chi connectivity index (χ4n) is 2.89. The predicted molar refractivity (Wildman–Crippen MR) is 107 cm³/mol. The number of thiophene rings is 1. The molecule has 0 atom stereocenters. The maximum Gasteiger partial charge on any atom is 0.255 e. The third-order valence-electron chi connectivity index (χ3n) is 4.22. The van der Waals surface area contributed by atoms with Crippen molar-refractivity contribution in [3.05, 3.63) is 71.9 Å². The Hall–Kier alpha value is -3.85. The first kappa shape index (κ1) is 16.3. The number of hydrogen-bond donors (Lipinski definition) is 2. The van der Waals surface area contributed by atoms with E-state index in [1.54, 1.807) is 29.5 Å². The van der Waals surface area contributed by atoms with Gasteiger partial charge in [-0.15, -0.1) is 16.4 Å². The van der Waals surface area contributed by atoms with Crippen molar-refractivity contribution in [3.63, 3.8) is 0 Å². The van der Waals surface area contributed by atoms with E-state index in [4.69, 9.17) is 0 Å². The average molecular weight is 387 g/mol. The van der Waals surface area contributed by atoms with Gasteiger partial charge in [-0.1, -0.05) is 12.1 Å². The molecule has 0 radical (unpaired) electrons. The monoisotopic (exact) mass is 387 g/mol. The largest absolute Gasteiger partial charge is 0.337 e. The summed E-state index contributed by atoms with van der Waals surface area (Å²) in [4.78, 5) is 21.6. The van der Waals surface area contributed by atoms with Gasteiger partial charge in [0.05, 0.1) is 21.6 Å². The highest BCUT2D eigenvalue weighted by Crippen LogP contribution is 2.26. The molecule has 0 spiro atoms. The zero-order chi connectivity index (χ0) is 18.9. The fourth-order valence-corrected chi connectivity index (χ4v) is 3.56. The lowest BCUT2D eigenvalue weighted by Gasteiger charge is -2.07. The van der Waals surface area contributed by atoms with Gasteiger partial charge in [-0.05, 0) is 58.3 Å². The molecule has 0 aliphatic heterocycles. The van der Waals surface area contributed by atoms with Gasteiger partial charge in [0.2, 0.25) is 0 Å². The van der Waals surface area contributed by atoms with E-state index in [9.17, 15) is 4.79 Å². The lowest BCUT2D eigenvalue weighted by atomic mass is 10.2. The van der Waals surface area contributed by atoms with Gasteiger partial charge in [-0.3, -0.25) is 4.79 Å². The van der Waals surface area contributed by atoms with Crippen molar-refractivity contribution in [2.45, 2.75) is 0 Å². The van der Waals surface area contributed by atoms with E-state index in [0.29, 0.717) is 16.9 Å². The van der Waals surface area contributed by atoms with Crippen molar-refractivity contribution in [2.75, 3.05) is 5.32 Å². The predicted octanol–water partition coefficient (Wildman–Crippen LogP) is 3.52. The maximum absolute atomic E-state index is 12.7. The lowest BCUT2D eigenvalue weighted by molar-refractivity contribution is 0.102. The van der Waals surface area contributed by atoms with Crippen molar-refractivity contribution in [1.82, 2.24) is 30.2 Å². The third kappa shape index (κ3) is 3.03. The number of tetrazole rings is 1. The van der Waals surface area contributed by atoms with Crippen LogP contribution in [0, 0.1) is 0 Å². The van der Waals surface area contributed by atoms with Crippen LogP contribution in [0.15, 0.2) is 66.3 Å². The number of aromatic amines is 1. The van der Waals surface area contributed by atoms with Crippen molar-refractivity contribution >= 4 is 34.0 Å². The molecule has 2 N–H and O–H groups in total. The standard InChI is InChI=1S/C19H13N7OS/c27-19(12-3-1-4-14(9-12)26-11-20-24-25-26)21-13-6-7-15-16(10-13)23-18(22-15)17-5-2-8-28-17/h1-11H,(H,21,27)(H,22,23). The number of fused-ring (bicyclic) bond motifs is 1. The van der Waals surface area contributed by atoms with Gasteiger partial charge in [-0.25, -0.2) is 9.67 Å². The van der Waals surface area contributed by atoms with Crippen LogP contribution in [0.5, 0.6) is 0 Å². The Labute approximate surface area is 162 Å². The number of benzene rings is 2. The van der Waals surface area contributed by atoms with Gasteiger partial charge < -0.3 is 10.3 Å².